The van der Waals surface area contributed by atoms with Crippen molar-refractivity contribution >= 4 is 50.7 Å². The molecule has 0 bridgehead atoms. The third kappa shape index (κ3) is 9.06. The normalized spacial score (nSPS) is 12.2. The molecule has 0 aliphatic carbocycles. The van der Waals surface area contributed by atoms with E-state index in [1.807, 2.05) is 27.7 Å². The first kappa shape index (κ1) is 31.7. The Morgan fingerprint density at radius 3 is 2.13 bits per heavy atom. The number of halogens is 2. The Kier molecular flexibility index (Phi) is 12.2. The molecule has 0 radical (unpaired) electrons. The summed E-state index contributed by atoms with van der Waals surface area (Å²) in [6, 6.07) is 11.0. The summed E-state index contributed by atoms with van der Waals surface area (Å²) in [4.78, 5) is 28.0. The monoisotopic (exact) mass is 585 g/mol. The van der Waals surface area contributed by atoms with E-state index in [0.717, 1.165) is 6.26 Å². The number of rotatable bonds is 14. The van der Waals surface area contributed by atoms with Crippen LogP contribution in [0.2, 0.25) is 10.0 Å². The second-order valence-electron chi connectivity index (χ2n) is 9.17. The van der Waals surface area contributed by atoms with Crippen molar-refractivity contribution in [3.05, 3.63) is 58.1 Å². The van der Waals surface area contributed by atoms with Crippen molar-refractivity contribution < 1.29 is 22.7 Å². The van der Waals surface area contributed by atoms with Gasteiger partial charge in [0.1, 0.15) is 11.8 Å². The fraction of sp³-hybridized carbons (Fsp3) is 0.481. The third-order valence-electron chi connectivity index (χ3n) is 5.79. The number of amides is 2. The molecule has 1 N–H and O–H groups in total. The average molecular weight is 587 g/mol. The van der Waals surface area contributed by atoms with Crippen molar-refractivity contribution in [2.45, 2.75) is 65.6 Å². The van der Waals surface area contributed by atoms with E-state index in [-0.39, 0.29) is 43.8 Å². The van der Waals surface area contributed by atoms with Gasteiger partial charge in [0, 0.05) is 41.2 Å². The summed E-state index contributed by atoms with van der Waals surface area (Å²) >= 11 is 12.8. The van der Waals surface area contributed by atoms with Crippen molar-refractivity contribution in [1.82, 2.24) is 10.2 Å². The van der Waals surface area contributed by atoms with Crippen LogP contribution in [-0.4, -0.2) is 56.6 Å². The minimum atomic E-state index is -3.60. The zero-order valence-corrected chi connectivity index (χ0v) is 24.9. The molecule has 8 nitrogen and oxygen atoms in total. The second-order valence-corrected chi connectivity index (χ2v) is 11.9. The molecule has 0 aromatic heterocycles. The maximum absolute atomic E-state index is 13.5. The predicted molar refractivity (Wildman–Crippen MR) is 153 cm³/mol. The Morgan fingerprint density at radius 1 is 1.03 bits per heavy atom. The van der Waals surface area contributed by atoms with Crippen molar-refractivity contribution in [3.63, 3.8) is 0 Å². The second kappa shape index (κ2) is 14.6. The zero-order valence-electron chi connectivity index (χ0n) is 22.5. The first-order valence-electron chi connectivity index (χ1n) is 12.6. The Morgan fingerprint density at radius 2 is 1.63 bits per heavy atom. The zero-order chi connectivity index (χ0) is 28.5. The van der Waals surface area contributed by atoms with E-state index in [4.69, 9.17) is 27.9 Å². The van der Waals surface area contributed by atoms with Crippen LogP contribution in [0.5, 0.6) is 5.75 Å². The summed E-state index contributed by atoms with van der Waals surface area (Å²) in [6.45, 7) is 8.04. The smallest absolute Gasteiger partial charge is 0.243 e. The molecule has 1 atom stereocenters. The maximum atomic E-state index is 13.5. The molecule has 38 heavy (non-hydrogen) atoms. The molecule has 2 aromatic carbocycles. The molecule has 11 heteroatoms. The number of hydrogen-bond donors (Lipinski definition) is 1. The van der Waals surface area contributed by atoms with Crippen LogP contribution in [0.25, 0.3) is 0 Å². The minimum absolute atomic E-state index is 0.0244. The lowest BCUT2D eigenvalue weighted by Gasteiger charge is -2.32. The summed E-state index contributed by atoms with van der Waals surface area (Å²) in [5.74, 6) is 0.0668. The van der Waals surface area contributed by atoms with Gasteiger partial charge >= 0.3 is 0 Å². The van der Waals surface area contributed by atoms with E-state index in [9.17, 15) is 18.0 Å². The topological polar surface area (TPSA) is 96.0 Å². The van der Waals surface area contributed by atoms with Crippen molar-refractivity contribution in [1.29, 1.82) is 0 Å². The summed E-state index contributed by atoms with van der Waals surface area (Å²) in [5.41, 5.74) is 1.03. The molecule has 0 saturated heterocycles. The fourth-order valence-corrected chi connectivity index (χ4v) is 5.52. The minimum Gasteiger partial charge on any atom is -0.494 e. The van der Waals surface area contributed by atoms with E-state index in [0.29, 0.717) is 40.1 Å². The molecule has 0 saturated carbocycles. The highest BCUT2D eigenvalue weighted by Crippen LogP contribution is 2.28. The summed E-state index contributed by atoms with van der Waals surface area (Å²) in [7, 11) is -3.60. The van der Waals surface area contributed by atoms with Crippen LogP contribution in [0.15, 0.2) is 42.5 Å². The van der Waals surface area contributed by atoms with Gasteiger partial charge in [0.15, 0.2) is 0 Å². The summed E-state index contributed by atoms with van der Waals surface area (Å²) < 4.78 is 31.8. The van der Waals surface area contributed by atoms with Crippen LogP contribution in [0.3, 0.4) is 0 Å². The van der Waals surface area contributed by atoms with Crippen LogP contribution >= 0.6 is 23.2 Å². The first-order valence-corrected chi connectivity index (χ1v) is 15.2. The molecule has 210 valence electrons. The van der Waals surface area contributed by atoms with E-state index < -0.39 is 16.1 Å². The van der Waals surface area contributed by atoms with Gasteiger partial charge in [-0.25, -0.2) is 8.42 Å². The molecule has 0 heterocycles. The Hall–Kier alpha value is -2.49. The van der Waals surface area contributed by atoms with Gasteiger partial charge in [-0.2, -0.15) is 0 Å². The third-order valence-corrected chi connectivity index (χ3v) is 7.70. The lowest BCUT2D eigenvalue weighted by atomic mass is 10.1. The van der Waals surface area contributed by atoms with Gasteiger partial charge in [0.2, 0.25) is 21.8 Å². The number of hydrogen-bond acceptors (Lipinski definition) is 5. The van der Waals surface area contributed by atoms with Gasteiger partial charge < -0.3 is 15.0 Å². The molecular formula is C27H37Cl2N3O5S. The number of carbonyl (C=O) groups is 2. The van der Waals surface area contributed by atoms with Gasteiger partial charge in [-0.3, -0.25) is 13.9 Å². The highest BCUT2D eigenvalue weighted by Gasteiger charge is 2.30. The highest BCUT2D eigenvalue weighted by molar-refractivity contribution is 7.92. The predicted octanol–water partition coefficient (Wildman–Crippen LogP) is 5.27. The number of anilines is 1. The molecule has 0 unspecified atom stereocenters. The van der Waals surface area contributed by atoms with Crippen LogP contribution in [0.1, 0.15) is 52.5 Å². The lowest BCUT2D eigenvalue weighted by molar-refractivity contribution is -0.141. The van der Waals surface area contributed by atoms with E-state index >= 15 is 0 Å². The van der Waals surface area contributed by atoms with Gasteiger partial charge in [0.05, 0.1) is 18.6 Å². The summed E-state index contributed by atoms with van der Waals surface area (Å²) in [6.07, 6.45) is 1.78. The van der Waals surface area contributed by atoms with Gasteiger partial charge in [-0.05, 0) is 70.0 Å². The SMILES string of the molecule is CCOc1ccc(N(CCCC(=O)N(Cc2c(Cl)cccc2Cl)[C@@H](CC)C(=O)NC(C)C)S(C)(=O)=O)cc1. The van der Waals surface area contributed by atoms with Crippen LogP contribution in [-0.2, 0) is 26.2 Å². The van der Waals surface area contributed by atoms with Crippen molar-refractivity contribution in [2.75, 3.05) is 23.7 Å². The Balaban J connectivity index is 2.25. The number of sulfonamides is 1. The molecule has 2 aromatic rings. The molecule has 0 aliphatic rings. The molecule has 0 spiro atoms. The molecule has 2 rings (SSSR count). The summed E-state index contributed by atoms with van der Waals surface area (Å²) in [5, 5.41) is 3.67. The lowest BCUT2D eigenvalue weighted by Crippen LogP contribution is -2.50. The number of nitrogens with zero attached hydrogens (tertiary/aromatic N) is 2. The highest BCUT2D eigenvalue weighted by atomic mass is 35.5. The standard InChI is InChI=1S/C27H37Cl2N3O5S/c1-6-25(27(34)30-19(3)4)31(18-22-23(28)10-8-11-24(22)29)26(33)12-9-17-32(38(5,35)36)20-13-15-21(16-14-20)37-7-2/h8,10-11,13-16,19,25H,6-7,9,12,17-18H2,1-5H3,(H,30,34)/t25-/m0/s1. The Labute approximate surface area is 236 Å². The molecule has 2 amide bonds. The van der Waals surface area contributed by atoms with Gasteiger partial charge in [-0.1, -0.05) is 36.2 Å². The van der Waals surface area contributed by atoms with E-state index in [1.54, 1.807) is 42.5 Å². The molecular weight excluding hydrogens is 549 g/mol. The Bertz CT molecular complexity index is 1170. The van der Waals surface area contributed by atoms with Gasteiger partial charge in [-0.15, -0.1) is 0 Å². The van der Waals surface area contributed by atoms with Crippen LogP contribution in [0.4, 0.5) is 5.69 Å². The quantitative estimate of drug-likeness (QED) is 0.326. The fourth-order valence-electron chi connectivity index (χ4n) is 4.03. The number of benzene rings is 2. The van der Waals surface area contributed by atoms with E-state index in [2.05, 4.69) is 5.32 Å². The molecule has 0 fully saturated rings. The number of carbonyl (C=O) groups excluding carboxylic acids is 2. The van der Waals surface area contributed by atoms with E-state index in [1.165, 1.54) is 9.21 Å². The number of nitrogens with one attached hydrogen (secondary N) is 1. The first-order chi connectivity index (χ1) is 17.9. The average Bonchev–Trinajstić information content (AvgIpc) is 2.83. The van der Waals surface area contributed by atoms with Crippen molar-refractivity contribution in [3.8, 4) is 5.75 Å². The molecule has 0 aliphatic heterocycles. The van der Waals surface area contributed by atoms with Gasteiger partial charge in [0.25, 0.3) is 0 Å². The maximum Gasteiger partial charge on any atom is 0.243 e. The van der Waals surface area contributed by atoms with Crippen LogP contribution in [0, 0.1) is 0 Å². The largest absolute Gasteiger partial charge is 0.494 e. The van der Waals surface area contributed by atoms with Crippen molar-refractivity contribution in [2.24, 2.45) is 0 Å². The number of ether oxygens (including phenoxy) is 1. The van der Waals surface area contributed by atoms with Crippen LogP contribution < -0.4 is 14.4 Å².